The molecule has 0 aromatic carbocycles. The molecule has 0 bridgehead atoms. The van der Waals surface area contributed by atoms with Crippen molar-refractivity contribution in [3.63, 3.8) is 0 Å². The molecule has 0 aliphatic carbocycles. The van der Waals surface area contributed by atoms with E-state index in [4.69, 9.17) is 11.6 Å². The van der Waals surface area contributed by atoms with Crippen LogP contribution in [0.15, 0.2) is 11.1 Å². The topological polar surface area (TPSA) is 0 Å². The summed E-state index contributed by atoms with van der Waals surface area (Å²) in [5.41, 5.74) is 0. The number of hydrogen-bond acceptors (Lipinski definition) is 1. The van der Waals surface area contributed by atoms with Gasteiger partial charge in [-0.3, -0.25) is 0 Å². The standard InChI is InChI=1S/C4H4ClF3S/c5-3(1-2-9)4(6,7)8/h1,9H,2H2/b3-1-. The largest absolute Gasteiger partial charge is 0.426 e. The van der Waals surface area contributed by atoms with Crippen molar-refractivity contribution in [3.05, 3.63) is 11.1 Å². The molecule has 0 amide bonds. The van der Waals surface area contributed by atoms with Crippen LogP contribution in [-0.4, -0.2) is 11.9 Å². The van der Waals surface area contributed by atoms with Crippen molar-refractivity contribution < 1.29 is 13.2 Å². The first kappa shape index (κ1) is 9.17. The molecule has 0 radical (unpaired) electrons. The van der Waals surface area contributed by atoms with E-state index >= 15 is 0 Å². The van der Waals surface area contributed by atoms with Gasteiger partial charge in [0.25, 0.3) is 0 Å². The van der Waals surface area contributed by atoms with Gasteiger partial charge in [0.2, 0.25) is 0 Å². The molecule has 0 heterocycles. The van der Waals surface area contributed by atoms with Crippen LogP contribution in [0.5, 0.6) is 0 Å². The van der Waals surface area contributed by atoms with Crippen LogP contribution >= 0.6 is 24.2 Å². The van der Waals surface area contributed by atoms with Crippen molar-refractivity contribution in [3.8, 4) is 0 Å². The van der Waals surface area contributed by atoms with Crippen molar-refractivity contribution in [1.82, 2.24) is 0 Å². The fourth-order valence-corrected chi connectivity index (χ4v) is 0.563. The highest BCUT2D eigenvalue weighted by atomic mass is 35.5. The van der Waals surface area contributed by atoms with Crippen molar-refractivity contribution in [2.75, 3.05) is 5.75 Å². The first-order valence-corrected chi connectivity index (χ1v) is 3.03. The number of rotatable bonds is 1. The molecule has 0 aromatic rings. The Hall–Kier alpha value is 0.170. The fraction of sp³-hybridized carbons (Fsp3) is 0.500. The summed E-state index contributed by atoms with van der Waals surface area (Å²) >= 11 is 8.28. The van der Waals surface area contributed by atoms with Gasteiger partial charge < -0.3 is 0 Å². The normalized spacial score (nSPS) is 14.1. The molecule has 0 aromatic heterocycles. The third kappa shape index (κ3) is 3.70. The van der Waals surface area contributed by atoms with E-state index in [9.17, 15) is 13.2 Å². The minimum atomic E-state index is -4.41. The molecule has 0 unspecified atom stereocenters. The molecule has 0 fully saturated rings. The third-order valence-corrected chi connectivity index (χ3v) is 1.09. The van der Waals surface area contributed by atoms with Crippen LogP contribution in [0.3, 0.4) is 0 Å². The zero-order valence-electron chi connectivity index (χ0n) is 4.24. The van der Waals surface area contributed by atoms with E-state index in [1.54, 1.807) is 0 Å². The molecular weight excluding hydrogens is 173 g/mol. The third-order valence-electron chi connectivity index (χ3n) is 0.541. The molecule has 0 atom stereocenters. The summed E-state index contributed by atoms with van der Waals surface area (Å²) in [6, 6.07) is 0. The Labute approximate surface area is 61.1 Å². The number of hydrogen-bond donors (Lipinski definition) is 1. The molecule has 9 heavy (non-hydrogen) atoms. The molecule has 0 aliphatic rings. The number of allylic oxidation sites excluding steroid dienone is 1. The predicted molar refractivity (Wildman–Crippen MR) is 33.8 cm³/mol. The first-order valence-electron chi connectivity index (χ1n) is 2.02. The van der Waals surface area contributed by atoms with E-state index in [0.29, 0.717) is 0 Å². The first-order chi connectivity index (χ1) is 3.98. The zero-order chi connectivity index (χ0) is 7.49. The van der Waals surface area contributed by atoms with Crippen molar-refractivity contribution in [2.24, 2.45) is 0 Å². The number of thiol groups is 1. The van der Waals surface area contributed by atoms with Crippen LogP contribution in [0.4, 0.5) is 13.2 Å². The Morgan fingerprint density at radius 1 is 1.56 bits per heavy atom. The van der Waals surface area contributed by atoms with E-state index in [1.165, 1.54) is 0 Å². The van der Waals surface area contributed by atoms with E-state index in [2.05, 4.69) is 12.6 Å². The lowest BCUT2D eigenvalue weighted by Crippen LogP contribution is -2.06. The maximum atomic E-state index is 11.4. The molecule has 0 saturated carbocycles. The van der Waals surface area contributed by atoms with Gasteiger partial charge in [-0.25, -0.2) is 0 Å². The average molecular weight is 177 g/mol. The van der Waals surface area contributed by atoms with Crippen molar-refractivity contribution in [2.45, 2.75) is 6.18 Å². The monoisotopic (exact) mass is 176 g/mol. The lowest BCUT2D eigenvalue weighted by atomic mass is 10.5. The molecule has 0 N–H and O–H groups in total. The Kier molecular flexibility index (Phi) is 3.43. The summed E-state index contributed by atoms with van der Waals surface area (Å²) in [5, 5.41) is -1.11. The van der Waals surface area contributed by atoms with Gasteiger partial charge in [0, 0.05) is 5.75 Å². The van der Waals surface area contributed by atoms with Gasteiger partial charge in [-0.05, 0) is 0 Å². The predicted octanol–water partition coefficient (Wildman–Crippen LogP) is 2.60. The SMILES string of the molecule is FC(F)(F)/C(Cl)=C/CS. The molecule has 0 saturated heterocycles. The second-order valence-electron chi connectivity index (χ2n) is 1.23. The Balaban J connectivity index is 4.03. The summed E-state index contributed by atoms with van der Waals surface area (Å²) in [5.74, 6) is -0.00164. The van der Waals surface area contributed by atoms with Crippen LogP contribution in [0, 0.1) is 0 Å². The van der Waals surface area contributed by atoms with Gasteiger partial charge in [-0.2, -0.15) is 25.8 Å². The quantitative estimate of drug-likeness (QED) is 0.584. The Bertz CT molecular complexity index is 117. The van der Waals surface area contributed by atoms with Gasteiger partial charge in [0.15, 0.2) is 0 Å². The highest BCUT2D eigenvalue weighted by Crippen LogP contribution is 2.28. The van der Waals surface area contributed by atoms with Gasteiger partial charge in [0.1, 0.15) is 5.03 Å². The van der Waals surface area contributed by atoms with Crippen molar-refractivity contribution >= 4 is 24.2 Å². The van der Waals surface area contributed by atoms with Gasteiger partial charge in [0.05, 0.1) is 0 Å². The van der Waals surface area contributed by atoms with Crippen LogP contribution in [0.2, 0.25) is 0 Å². The minimum absolute atomic E-state index is 0.00164. The van der Waals surface area contributed by atoms with Crippen LogP contribution in [-0.2, 0) is 0 Å². The average Bonchev–Trinajstić information content (AvgIpc) is 1.64. The lowest BCUT2D eigenvalue weighted by Gasteiger charge is -2.01. The number of halogens is 4. The molecule has 0 rings (SSSR count). The van der Waals surface area contributed by atoms with Crippen LogP contribution < -0.4 is 0 Å². The molecule has 0 nitrogen and oxygen atoms in total. The highest BCUT2D eigenvalue weighted by molar-refractivity contribution is 7.80. The summed E-state index contributed by atoms with van der Waals surface area (Å²) in [4.78, 5) is 0. The molecule has 54 valence electrons. The molecule has 0 aliphatic heterocycles. The summed E-state index contributed by atoms with van der Waals surface area (Å²) in [6.45, 7) is 0. The summed E-state index contributed by atoms with van der Waals surface area (Å²) in [6.07, 6.45) is -3.62. The van der Waals surface area contributed by atoms with E-state index in [1.807, 2.05) is 0 Å². The Morgan fingerprint density at radius 2 is 2.00 bits per heavy atom. The minimum Gasteiger partial charge on any atom is -0.175 e. The maximum Gasteiger partial charge on any atom is 0.426 e. The summed E-state index contributed by atoms with van der Waals surface area (Å²) in [7, 11) is 0. The molecule has 5 heteroatoms. The Morgan fingerprint density at radius 3 is 2.11 bits per heavy atom. The maximum absolute atomic E-state index is 11.4. The van der Waals surface area contributed by atoms with E-state index in [-0.39, 0.29) is 5.75 Å². The number of alkyl halides is 3. The van der Waals surface area contributed by atoms with Gasteiger partial charge in [-0.15, -0.1) is 0 Å². The van der Waals surface area contributed by atoms with Crippen LogP contribution in [0.1, 0.15) is 0 Å². The zero-order valence-corrected chi connectivity index (χ0v) is 5.89. The second-order valence-corrected chi connectivity index (χ2v) is 2.00. The smallest absolute Gasteiger partial charge is 0.175 e. The molecular formula is C4H4ClF3S. The molecule has 0 spiro atoms. The highest BCUT2D eigenvalue weighted by Gasteiger charge is 2.31. The van der Waals surface area contributed by atoms with Gasteiger partial charge >= 0.3 is 6.18 Å². The second kappa shape index (κ2) is 3.37. The fourth-order valence-electron chi connectivity index (χ4n) is 0.196. The van der Waals surface area contributed by atoms with Gasteiger partial charge in [-0.1, -0.05) is 17.7 Å². The van der Waals surface area contributed by atoms with Crippen molar-refractivity contribution in [1.29, 1.82) is 0 Å². The lowest BCUT2D eigenvalue weighted by molar-refractivity contribution is -0.0846. The van der Waals surface area contributed by atoms with Crippen LogP contribution in [0.25, 0.3) is 0 Å². The summed E-state index contributed by atoms with van der Waals surface area (Å²) < 4.78 is 34.2. The van der Waals surface area contributed by atoms with E-state index < -0.39 is 11.2 Å². The van der Waals surface area contributed by atoms with E-state index in [0.717, 1.165) is 6.08 Å².